The molecular formula is C24H24ClN5O2S. The van der Waals surface area contributed by atoms with Gasteiger partial charge in [-0.25, -0.2) is 4.98 Å². The predicted octanol–water partition coefficient (Wildman–Crippen LogP) is 4.49. The summed E-state index contributed by atoms with van der Waals surface area (Å²) in [4.78, 5) is 15.5. The van der Waals surface area contributed by atoms with E-state index < -0.39 is 0 Å². The van der Waals surface area contributed by atoms with Gasteiger partial charge in [-0.1, -0.05) is 35.5 Å². The molecule has 0 unspecified atom stereocenters. The molecule has 1 fully saturated rings. The molecule has 0 radical (unpaired) electrons. The number of aromatic nitrogens is 2. The lowest BCUT2D eigenvalue weighted by Gasteiger charge is -2.32. The molecule has 0 atom stereocenters. The number of rotatable bonds is 7. The minimum Gasteiger partial charge on any atom is -0.497 e. The number of anilines is 1. The molecule has 0 saturated carbocycles. The summed E-state index contributed by atoms with van der Waals surface area (Å²) < 4.78 is 11.4. The van der Waals surface area contributed by atoms with E-state index in [1.54, 1.807) is 25.4 Å². The Hall–Kier alpha value is -2.99. The number of halogens is 1. The Bertz CT molecular complexity index is 1140. The van der Waals surface area contributed by atoms with Gasteiger partial charge < -0.3 is 19.3 Å². The summed E-state index contributed by atoms with van der Waals surface area (Å²) >= 11 is 7.67. The average Bonchev–Trinajstić information content (AvgIpc) is 2.84. The van der Waals surface area contributed by atoms with Crippen LogP contribution in [-0.4, -0.2) is 55.2 Å². The van der Waals surface area contributed by atoms with Gasteiger partial charge in [-0.2, -0.15) is 10.2 Å². The molecule has 1 saturated heterocycles. The number of likely N-dealkylation sites (N-methyl/N-ethyl adjacent to an activating group) is 1. The smallest absolute Gasteiger partial charge is 0.232 e. The van der Waals surface area contributed by atoms with Gasteiger partial charge in [0.05, 0.1) is 28.8 Å². The number of ether oxygens (including phenoxy) is 2. The Morgan fingerprint density at radius 2 is 1.88 bits per heavy atom. The van der Waals surface area contributed by atoms with E-state index in [0.29, 0.717) is 29.0 Å². The molecule has 4 rings (SSSR count). The number of piperazine rings is 1. The Morgan fingerprint density at radius 1 is 1.12 bits per heavy atom. The third-order valence-electron chi connectivity index (χ3n) is 5.32. The molecule has 170 valence electrons. The summed E-state index contributed by atoms with van der Waals surface area (Å²) in [5.41, 5.74) is 1.45. The third-order valence-corrected chi connectivity index (χ3v) is 6.62. The SMILES string of the molecule is COc1ccc(COc2nc(N3CCN(C)CC3)ncc2Sc2ccc(C#N)c(Cl)c2)cc1. The molecular weight excluding hydrogens is 458 g/mol. The van der Waals surface area contributed by atoms with Crippen LogP contribution in [0, 0.1) is 11.3 Å². The molecule has 0 spiro atoms. The van der Waals surface area contributed by atoms with E-state index in [2.05, 4.69) is 27.9 Å². The van der Waals surface area contributed by atoms with Gasteiger partial charge in [-0.15, -0.1) is 0 Å². The van der Waals surface area contributed by atoms with Crippen LogP contribution in [0.25, 0.3) is 0 Å². The maximum atomic E-state index is 9.13. The molecule has 1 aliphatic heterocycles. The monoisotopic (exact) mass is 481 g/mol. The molecule has 1 aromatic heterocycles. The zero-order valence-electron chi connectivity index (χ0n) is 18.5. The molecule has 3 aromatic rings. The predicted molar refractivity (Wildman–Crippen MR) is 129 cm³/mol. The lowest BCUT2D eigenvalue weighted by Crippen LogP contribution is -2.45. The molecule has 7 nitrogen and oxygen atoms in total. The van der Waals surface area contributed by atoms with Crippen molar-refractivity contribution in [2.75, 3.05) is 45.2 Å². The minimum absolute atomic E-state index is 0.366. The van der Waals surface area contributed by atoms with E-state index >= 15 is 0 Å². The van der Waals surface area contributed by atoms with Gasteiger partial charge in [0, 0.05) is 31.1 Å². The summed E-state index contributed by atoms with van der Waals surface area (Å²) in [5.74, 6) is 1.97. The molecule has 1 aliphatic rings. The van der Waals surface area contributed by atoms with Crippen molar-refractivity contribution >= 4 is 29.3 Å². The zero-order valence-corrected chi connectivity index (χ0v) is 20.1. The van der Waals surface area contributed by atoms with Crippen LogP contribution in [0.15, 0.2) is 58.5 Å². The van der Waals surface area contributed by atoms with E-state index in [4.69, 9.17) is 31.3 Å². The van der Waals surface area contributed by atoms with Crippen molar-refractivity contribution in [3.8, 4) is 17.7 Å². The van der Waals surface area contributed by atoms with Crippen LogP contribution in [-0.2, 0) is 6.61 Å². The first-order chi connectivity index (χ1) is 16.1. The quantitative estimate of drug-likeness (QED) is 0.488. The Kier molecular flexibility index (Phi) is 7.55. The molecule has 2 heterocycles. The second-order valence-corrected chi connectivity index (χ2v) is 9.14. The highest BCUT2D eigenvalue weighted by Crippen LogP contribution is 2.36. The first kappa shape index (κ1) is 23.2. The normalized spacial score (nSPS) is 14.1. The molecule has 0 bridgehead atoms. The highest BCUT2D eigenvalue weighted by atomic mass is 35.5. The Morgan fingerprint density at radius 3 is 2.55 bits per heavy atom. The molecule has 0 amide bonds. The van der Waals surface area contributed by atoms with Crippen LogP contribution in [0.1, 0.15) is 11.1 Å². The van der Waals surface area contributed by atoms with E-state index in [1.807, 2.05) is 30.3 Å². The van der Waals surface area contributed by atoms with E-state index in [0.717, 1.165) is 47.3 Å². The van der Waals surface area contributed by atoms with Crippen LogP contribution in [0.2, 0.25) is 5.02 Å². The van der Waals surface area contributed by atoms with Crippen LogP contribution >= 0.6 is 23.4 Å². The van der Waals surface area contributed by atoms with E-state index in [-0.39, 0.29) is 0 Å². The van der Waals surface area contributed by atoms with Gasteiger partial charge in [-0.3, -0.25) is 0 Å². The third kappa shape index (κ3) is 5.88. The van der Waals surface area contributed by atoms with Crippen LogP contribution in [0.3, 0.4) is 0 Å². The molecule has 33 heavy (non-hydrogen) atoms. The number of hydrogen-bond donors (Lipinski definition) is 0. The van der Waals surface area contributed by atoms with Crippen molar-refractivity contribution in [2.45, 2.75) is 16.4 Å². The average molecular weight is 482 g/mol. The molecule has 0 N–H and O–H groups in total. The van der Waals surface area contributed by atoms with E-state index in [1.165, 1.54) is 11.8 Å². The fourth-order valence-electron chi connectivity index (χ4n) is 3.33. The maximum absolute atomic E-state index is 9.13. The molecule has 2 aromatic carbocycles. The van der Waals surface area contributed by atoms with Gasteiger partial charge in [0.2, 0.25) is 11.8 Å². The summed E-state index contributed by atoms with van der Waals surface area (Å²) in [6.07, 6.45) is 1.79. The van der Waals surface area contributed by atoms with Crippen molar-refractivity contribution < 1.29 is 9.47 Å². The first-order valence-electron chi connectivity index (χ1n) is 10.5. The van der Waals surface area contributed by atoms with E-state index in [9.17, 15) is 0 Å². The highest BCUT2D eigenvalue weighted by Gasteiger charge is 2.19. The number of hydrogen-bond acceptors (Lipinski definition) is 8. The Balaban J connectivity index is 1.58. The van der Waals surface area contributed by atoms with Crippen molar-refractivity contribution in [1.82, 2.24) is 14.9 Å². The number of methoxy groups -OCH3 is 1. The number of nitriles is 1. The summed E-state index contributed by atoms with van der Waals surface area (Å²) in [6.45, 7) is 4.03. The van der Waals surface area contributed by atoms with Gasteiger partial charge in [0.25, 0.3) is 0 Å². The summed E-state index contributed by atoms with van der Waals surface area (Å²) in [5, 5.41) is 9.54. The largest absolute Gasteiger partial charge is 0.497 e. The second kappa shape index (κ2) is 10.8. The minimum atomic E-state index is 0.366. The van der Waals surface area contributed by atoms with Crippen molar-refractivity contribution in [3.63, 3.8) is 0 Å². The number of benzene rings is 2. The molecule has 9 heteroatoms. The van der Waals surface area contributed by atoms with Crippen LogP contribution in [0.5, 0.6) is 11.6 Å². The van der Waals surface area contributed by atoms with Gasteiger partial charge >= 0.3 is 0 Å². The zero-order chi connectivity index (χ0) is 23.2. The maximum Gasteiger partial charge on any atom is 0.232 e. The number of nitrogens with zero attached hydrogens (tertiary/aromatic N) is 5. The van der Waals surface area contributed by atoms with Crippen molar-refractivity contribution in [1.29, 1.82) is 5.26 Å². The lowest BCUT2D eigenvalue weighted by atomic mass is 10.2. The lowest BCUT2D eigenvalue weighted by molar-refractivity contribution is 0.283. The fraction of sp³-hybridized carbons (Fsp3) is 0.292. The topological polar surface area (TPSA) is 74.5 Å². The van der Waals surface area contributed by atoms with Crippen LogP contribution < -0.4 is 14.4 Å². The standard InChI is InChI=1S/C24H24ClN5O2S/c1-29-9-11-30(12-10-29)24-27-15-22(33-20-8-5-18(14-26)21(25)13-20)23(28-24)32-16-17-3-6-19(31-2)7-4-17/h3-8,13,15H,9-12,16H2,1-2H3. The van der Waals surface area contributed by atoms with Gasteiger partial charge in [0.15, 0.2) is 0 Å². The fourth-order valence-corrected chi connectivity index (χ4v) is 4.48. The summed E-state index contributed by atoms with van der Waals surface area (Å²) in [7, 11) is 3.76. The Labute approximate surface area is 202 Å². The van der Waals surface area contributed by atoms with Crippen molar-refractivity contribution in [2.24, 2.45) is 0 Å². The van der Waals surface area contributed by atoms with Gasteiger partial charge in [-0.05, 0) is 42.9 Å². The summed E-state index contributed by atoms with van der Waals surface area (Å²) in [6, 6.07) is 15.2. The first-order valence-corrected chi connectivity index (χ1v) is 11.7. The second-order valence-electron chi connectivity index (χ2n) is 7.62. The molecule has 0 aliphatic carbocycles. The van der Waals surface area contributed by atoms with Crippen molar-refractivity contribution in [3.05, 3.63) is 64.8 Å². The highest BCUT2D eigenvalue weighted by molar-refractivity contribution is 7.99. The van der Waals surface area contributed by atoms with Gasteiger partial charge in [0.1, 0.15) is 18.4 Å². The van der Waals surface area contributed by atoms with Crippen LogP contribution in [0.4, 0.5) is 5.95 Å².